The van der Waals surface area contributed by atoms with Crippen molar-refractivity contribution in [2.45, 2.75) is 50.6 Å². The van der Waals surface area contributed by atoms with Gasteiger partial charge >= 0.3 is 6.09 Å². The summed E-state index contributed by atoms with van der Waals surface area (Å²) in [5.41, 5.74) is -1.07. The van der Waals surface area contributed by atoms with E-state index in [1.165, 1.54) is 24.1 Å². The van der Waals surface area contributed by atoms with Crippen molar-refractivity contribution in [3.8, 4) is 0 Å². The molecule has 4 atom stereocenters. The molecule has 0 saturated carbocycles. The Hall–Kier alpha value is -2.92. The molecule has 1 fully saturated rings. The lowest BCUT2D eigenvalue weighted by Crippen LogP contribution is -2.53. The third-order valence-corrected chi connectivity index (χ3v) is 8.30. The Bertz CT molecular complexity index is 1350. The largest absolute Gasteiger partial charge is 0.453 e. The van der Waals surface area contributed by atoms with E-state index in [4.69, 9.17) is 37.4 Å². The number of ether oxygens (including phenoxy) is 3. The highest BCUT2D eigenvalue weighted by molar-refractivity contribution is 6.31. The summed E-state index contributed by atoms with van der Waals surface area (Å²) < 4.78 is 31.7. The molecule has 12 heteroatoms. The molecule has 0 bridgehead atoms. The highest BCUT2D eigenvalue weighted by atomic mass is 35.5. The van der Waals surface area contributed by atoms with Gasteiger partial charge in [-0.3, -0.25) is 14.5 Å². The molecule has 1 unspecified atom stereocenters. The number of carbonyl (C=O) groups excluding carboxylic acids is 3. The lowest BCUT2D eigenvalue weighted by Gasteiger charge is -2.39. The van der Waals surface area contributed by atoms with Gasteiger partial charge in [-0.1, -0.05) is 62.2 Å². The second kappa shape index (κ2) is 12.8. The van der Waals surface area contributed by atoms with Crippen LogP contribution in [0.25, 0.3) is 0 Å². The zero-order chi connectivity index (χ0) is 30.8. The number of halogens is 3. The van der Waals surface area contributed by atoms with Gasteiger partial charge in [0.15, 0.2) is 0 Å². The molecular weight excluding hydrogens is 588 g/mol. The molecule has 228 valence electrons. The Morgan fingerprint density at radius 1 is 1.12 bits per heavy atom. The van der Waals surface area contributed by atoms with E-state index < -0.39 is 52.6 Å². The van der Waals surface area contributed by atoms with Gasteiger partial charge in [-0.15, -0.1) is 0 Å². The number of carbonyl (C=O) groups is 3. The summed E-state index contributed by atoms with van der Waals surface area (Å²) in [6, 6.07) is 7.13. The summed E-state index contributed by atoms with van der Waals surface area (Å²) in [4.78, 5) is 43.4. The lowest BCUT2D eigenvalue weighted by molar-refractivity contribution is -0.126. The van der Waals surface area contributed by atoms with Crippen LogP contribution in [0.1, 0.15) is 44.2 Å². The van der Waals surface area contributed by atoms with Crippen LogP contribution >= 0.6 is 23.2 Å². The van der Waals surface area contributed by atoms with Crippen LogP contribution in [0.2, 0.25) is 10.0 Å². The molecule has 1 spiro atoms. The molecule has 2 aromatic carbocycles. The number of rotatable bonds is 9. The molecule has 2 aromatic rings. The van der Waals surface area contributed by atoms with E-state index in [9.17, 15) is 14.4 Å². The van der Waals surface area contributed by atoms with Gasteiger partial charge in [0.2, 0.25) is 11.8 Å². The van der Waals surface area contributed by atoms with Gasteiger partial charge in [-0.05, 0) is 41.2 Å². The van der Waals surface area contributed by atoms with Crippen LogP contribution in [-0.2, 0) is 29.2 Å². The number of fused-ring (bicyclic) bond motifs is 2. The van der Waals surface area contributed by atoms with Crippen molar-refractivity contribution in [2.24, 2.45) is 5.41 Å². The highest BCUT2D eigenvalue weighted by Crippen LogP contribution is 2.60. The van der Waals surface area contributed by atoms with Crippen LogP contribution in [0.15, 0.2) is 36.4 Å². The van der Waals surface area contributed by atoms with Crippen molar-refractivity contribution in [3.05, 3.63) is 63.4 Å². The summed E-state index contributed by atoms with van der Waals surface area (Å²) >= 11 is 12.6. The number of likely N-dealkylation sites (tertiary alicyclic amines) is 1. The molecule has 2 aliphatic rings. The summed E-state index contributed by atoms with van der Waals surface area (Å²) in [6.07, 6.45) is -0.541. The minimum absolute atomic E-state index is 0.0299. The lowest BCUT2D eigenvalue weighted by atomic mass is 9.62. The molecule has 2 aliphatic heterocycles. The Kier molecular flexibility index (Phi) is 9.72. The van der Waals surface area contributed by atoms with Crippen molar-refractivity contribution >= 4 is 46.8 Å². The first-order valence-electron chi connectivity index (χ1n) is 13.6. The molecule has 3 amide bonds. The normalized spacial score (nSPS) is 23.2. The predicted octanol–water partition coefficient (Wildman–Crippen LogP) is 5.14. The van der Waals surface area contributed by atoms with E-state index in [1.54, 1.807) is 31.4 Å². The van der Waals surface area contributed by atoms with E-state index in [1.807, 2.05) is 20.8 Å². The van der Waals surface area contributed by atoms with E-state index in [-0.39, 0.29) is 30.2 Å². The predicted molar refractivity (Wildman–Crippen MR) is 158 cm³/mol. The molecule has 2 N–H and O–H groups in total. The molecule has 1 saturated heterocycles. The van der Waals surface area contributed by atoms with Crippen LogP contribution in [-0.4, -0.2) is 75.5 Å². The highest BCUT2D eigenvalue weighted by Gasteiger charge is 2.70. The van der Waals surface area contributed by atoms with Crippen molar-refractivity contribution < 1.29 is 33.0 Å². The SMILES string of the molecule is COCCOCCNC(=O)[C@H]1[C@H](c2cccc(Cl)c2F)[C@@]2(C(=O)Nc3cc(Cl)ccc32)C(CC(C)(C)C)N1C(=O)OC. The molecule has 9 nitrogen and oxygen atoms in total. The summed E-state index contributed by atoms with van der Waals surface area (Å²) in [6.45, 7) is 6.89. The number of hydrogen-bond donors (Lipinski definition) is 2. The van der Waals surface area contributed by atoms with Gasteiger partial charge in [0.1, 0.15) is 17.3 Å². The van der Waals surface area contributed by atoms with Gasteiger partial charge in [-0.25, -0.2) is 9.18 Å². The van der Waals surface area contributed by atoms with E-state index in [0.717, 1.165) is 0 Å². The number of hydrogen-bond acceptors (Lipinski definition) is 6. The Morgan fingerprint density at radius 3 is 2.52 bits per heavy atom. The molecule has 42 heavy (non-hydrogen) atoms. The zero-order valence-corrected chi connectivity index (χ0v) is 25.8. The fraction of sp³-hybridized carbons (Fsp3) is 0.500. The molecule has 4 rings (SSSR count). The topological polar surface area (TPSA) is 106 Å². The first-order valence-corrected chi connectivity index (χ1v) is 14.4. The summed E-state index contributed by atoms with van der Waals surface area (Å²) in [5.74, 6) is -3.03. The zero-order valence-electron chi connectivity index (χ0n) is 24.3. The van der Waals surface area contributed by atoms with E-state index in [0.29, 0.717) is 29.5 Å². The summed E-state index contributed by atoms with van der Waals surface area (Å²) in [7, 11) is 2.76. The minimum atomic E-state index is -1.59. The van der Waals surface area contributed by atoms with E-state index in [2.05, 4.69) is 10.6 Å². The average molecular weight is 625 g/mol. The fourth-order valence-electron chi connectivity index (χ4n) is 6.23. The van der Waals surface area contributed by atoms with Crippen LogP contribution in [0.3, 0.4) is 0 Å². The standard InChI is InChI=1S/C30H36Cl2FN3O6/c1-29(2,3)16-22-30(19-10-9-17(31)15-21(19)35-27(30)38)23(18-7-6-8-20(32)24(18)33)25(36(22)28(39)41-5)26(37)34-11-12-42-14-13-40-4/h6-10,15,22-23,25H,11-14,16H2,1-5H3,(H,34,37)(H,35,38)/t22?,23-,25+,30-/m0/s1. The van der Waals surface area contributed by atoms with Gasteiger partial charge in [0.05, 0.1) is 38.0 Å². The first kappa shape index (κ1) is 32.0. The van der Waals surface area contributed by atoms with Gasteiger partial charge in [0.25, 0.3) is 0 Å². The maximum atomic E-state index is 16.0. The number of amides is 3. The first-order chi connectivity index (χ1) is 19.9. The Labute approximate surface area is 255 Å². The third-order valence-electron chi connectivity index (χ3n) is 7.77. The molecule has 2 heterocycles. The monoisotopic (exact) mass is 623 g/mol. The minimum Gasteiger partial charge on any atom is -0.453 e. The van der Waals surface area contributed by atoms with Crippen molar-refractivity contribution in [1.82, 2.24) is 10.2 Å². The maximum Gasteiger partial charge on any atom is 0.410 e. The van der Waals surface area contributed by atoms with Gasteiger partial charge in [-0.2, -0.15) is 0 Å². The van der Waals surface area contributed by atoms with E-state index >= 15 is 4.39 Å². The van der Waals surface area contributed by atoms with Crippen LogP contribution in [0, 0.1) is 11.2 Å². The number of anilines is 1. The van der Waals surface area contributed by atoms with Crippen molar-refractivity contribution in [2.75, 3.05) is 45.9 Å². The van der Waals surface area contributed by atoms with Crippen molar-refractivity contribution in [1.29, 1.82) is 0 Å². The Balaban J connectivity index is 1.97. The van der Waals surface area contributed by atoms with Gasteiger partial charge in [0, 0.05) is 30.3 Å². The Morgan fingerprint density at radius 2 is 1.86 bits per heavy atom. The van der Waals surface area contributed by atoms with Gasteiger partial charge < -0.3 is 24.8 Å². The smallest absolute Gasteiger partial charge is 0.410 e. The van der Waals surface area contributed by atoms with Crippen LogP contribution < -0.4 is 10.6 Å². The second-order valence-electron chi connectivity index (χ2n) is 11.6. The molecule has 0 aromatic heterocycles. The number of benzene rings is 2. The molecule has 0 radical (unpaired) electrons. The molecule has 0 aliphatic carbocycles. The average Bonchev–Trinajstić information content (AvgIpc) is 3.37. The van der Waals surface area contributed by atoms with Crippen LogP contribution in [0.5, 0.6) is 0 Å². The number of nitrogens with one attached hydrogen (secondary N) is 2. The molecular formula is C30H36Cl2FN3O6. The third kappa shape index (κ3) is 5.82. The quantitative estimate of drug-likeness (QED) is 0.375. The van der Waals surface area contributed by atoms with Crippen LogP contribution in [0.4, 0.5) is 14.9 Å². The summed E-state index contributed by atoms with van der Waals surface area (Å²) in [5, 5.41) is 5.94. The number of methoxy groups -OCH3 is 2. The number of nitrogens with zero attached hydrogens (tertiary/aromatic N) is 1. The fourth-order valence-corrected chi connectivity index (χ4v) is 6.59. The second-order valence-corrected chi connectivity index (χ2v) is 12.5. The maximum absolute atomic E-state index is 16.0. The van der Waals surface area contributed by atoms with Crippen molar-refractivity contribution in [3.63, 3.8) is 0 Å².